The molecule has 2 N–H and O–H groups in total. The largest absolute Gasteiger partial charge is 0.359 e. The van der Waals surface area contributed by atoms with Gasteiger partial charge in [0.15, 0.2) is 5.76 Å². The maximum Gasteiger partial charge on any atom is 0.154 e. The van der Waals surface area contributed by atoms with Crippen LogP contribution in [0.5, 0.6) is 0 Å². The van der Waals surface area contributed by atoms with Crippen LogP contribution in [-0.4, -0.2) is 10.1 Å². The molecule has 0 radical (unpaired) electrons. The molecule has 0 aromatic carbocycles. The van der Waals surface area contributed by atoms with E-state index in [1.165, 1.54) is 0 Å². The zero-order chi connectivity index (χ0) is 12.4. The molecule has 0 saturated heterocycles. The number of nitrogens with two attached hydrogens (primary N) is 1. The number of rotatable bonds is 3. The molecule has 2 rings (SSSR count). The van der Waals surface area contributed by atoms with E-state index in [1.54, 1.807) is 12.4 Å². The van der Waals surface area contributed by atoms with E-state index < -0.39 is 0 Å². The zero-order valence-corrected chi connectivity index (χ0v) is 11.3. The Kier molecular flexibility index (Phi) is 3.59. The van der Waals surface area contributed by atoms with Crippen molar-refractivity contribution in [2.45, 2.75) is 19.9 Å². The summed E-state index contributed by atoms with van der Waals surface area (Å²) in [4.78, 5) is 4.09. The highest BCUT2D eigenvalue weighted by atomic mass is 79.9. The summed E-state index contributed by atoms with van der Waals surface area (Å²) in [6.07, 6.45) is 3.47. The van der Waals surface area contributed by atoms with Crippen LogP contribution in [0.1, 0.15) is 25.6 Å². The van der Waals surface area contributed by atoms with E-state index in [-0.39, 0.29) is 6.04 Å². The number of halogens is 1. The molecule has 0 amide bonds. The van der Waals surface area contributed by atoms with Gasteiger partial charge < -0.3 is 10.3 Å². The third kappa shape index (κ3) is 2.73. The predicted octanol–water partition coefficient (Wildman–Crippen LogP) is 3.15. The maximum atomic E-state index is 6.00. The van der Waals surface area contributed by atoms with Crippen LogP contribution >= 0.6 is 15.9 Å². The maximum absolute atomic E-state index is 6.00. The number of hydrogen-bond donors (Lipinski definition) is 1. The SMILES string of the molecule is CC(C)C(N)c1cc(-c2cncc(Br)c2)no1. The summed E-state index contributed by atoms with van der Waals surface area (Å²) in [6.45, 7) is 4.10. The van der Waals surface area contributed by atoms with Crippen molar-refractivity contribution in [3.8, 4) is 11.3 Å². The van der Waals surface area contributed by atoms with Crippen molar-refractivity contribution in [2.75, 3.05) is 0 Å². The summed E-state index contributed by atoms with van der Waals surface area (Å²) in [6, 6.07) is 3.68. The van der Waals surface area contributed by atoms with Gasteiger partial charge in [-0.1, -0.05) is 19.0 Å². The number of nitrogens with zero attached hydrogens (tertiary/aromatic N) is 2. The Morgan fingerprint density at radius 2 is 2.06 bits per heavy atom. The zero-order valence-electron chi connectivity index (χ0n) is 9.72. The fraction of sp³-hybridized carbons (Fsp3) is 0.333. The molecule has 0 bridgehead atoms. The number of hydrogen-bond acceptors (Lipinski definition) is 4. The molecule has 2 heterocycles. The predicted molar refractivity (Wildman–Crippen MR) is 69.2 cm³/mol. The van der Waals surface area contributed by atoms with Gasteiger partial charge in [0, 0.05) is 28.5 Å². The Bertz CT molecular complexity index is 510. The van der Waals surface area contributed by atoms with E-state index in [1.807, 2.05) is 26.0 Å². The van der Waals surface area contributed by atoms with Crippen LogP contribution in [0.25, 0.3) is 11.3 Å². The van der Waals surface area contributed by atoms with Crippen molar-refractivity contribution in [1.29, 1.82) is 0 Å². The molecule has 90 valence electrons. The lowest BCUT2D eigenvalue weighted by atomic mass is 10.0. The summed E-state index contributed by atoms with van der Waals surface area (Å²) in [5, 5.41) is 4.02. The molecule has 2 aromatic rings. The van der Waals surface area contributed by atoms with Gasteiger partial charge in [-0.3, -0.25) is 4.98 Å². The second-order valence-electron chi connectivity index (χ2n) is 4.28. The van der Waals surface area contributed by atoms with Gasteiger partial charge in [0.25, 0.3) is 0 Å². The molecular formula is C12H14BrN3O. The lowest BCUT2D eigenvalue weighted by Crippen LogP contribution is -2.15. The Morgan fingerprint density at radius 3 is 2.71 bits per heavy atom. The summed E-state index contributed by atoms with van der Waals surface area (Å²) < 4.78 is 6.17. The van der Waals surface area contributed by atoms with Gasteiger partial charge in [-0.15, -0.1) is 0 Å². The first kappa shape index (κ1) is 12.3. The van der Waals surface area contributed by atoms with Gasteiger partial charge in [0.1, 0.15) is 5.69 Å². The molecule has 0 aliphatic heterocycles. The van der Waals surface area contributed by atoms with E-state index in [9.17, 15) is 0 Å². The summed E-state index contributed by atoms with van der Waals surface area (Å²) in [7, 11) is 0. The molecule has 0 saturated carbocycles. The van der Waals surface area contributed by atoms with Gasteiger partial charge in [0.05, 0.1) is 6.04 Å². The Hall–Kier alpha value is -1.20. The minimum atomic E-state index is -0.128. The van der Waals surface area contributed by atoms with E-state index in [4.69, 9.17) is 10.3 Å². The second kappa shape index (κ2) is 4.98. The van der Waals surface area contributed by atoms with E-state index in [0.29, 0.717) is 11.7 Å². The normalized spacial score (nSPS) is 13.0. The Labute approximate surface area is 108 Å². The summed E-state index contributed by atoms with van der Waals surface area (Å²) in [5.41, 5.74) is 7.66. The van der Waals surface area contributed by atoms with Crippen LogP contribution in [0.2, 0.25) is 0 Å². The minimum Gasteiger partial charge on any atom is -0.359 e. The topological polar surface area (TPSA) is 64.9 Å². The molecule has 0 aliphatic rings. The smallest absolute Gasteiger partial charge is 0.154 e. The quantitative estimate of drug-likeness (QED) is 0.945. The van der Waals surface area contributed by atoms with Gasteiger partial charge in [0.2, 0.25) is 0 Å². The minimum absolute atomic E-state index is 0.128. The molecule has 0 fully saturated rings. The third-order valence-electron chi connectivity index (χ3n) is 2.58. The molecule has 17 heavy (non-hydrogen) atoms. The highest BCUT2D eigenvalue weighted by molar-refractivity contribution is 9.10. The molecular weight excluding hydrogens is 282 g/mol. The van der Waals surface area contributed by atoms with E-state index in [0.717, 1.165) is 15.7 Å². The van der Waals surface area contributed by atoms with Crippen molar-refractivity contribution < 1.29 is 4.52 Å². The van der Waals surface area contributed by atoms with Gasteiger partial charge in [-0.25, -0.2) is 0 Å². The van der Waals surface area contributed by atoms with Crippen molar-refractivity contribution in [3.63, 3.8) is 0 Å². The lowest BCUT2D eigenvalue weighted by molar-refractivity contribution is 0.333. The van der Waals surface area contributed by atoms with E-state index in [2.05, 4.69) is 26.1 Å². The fourth-order valence-corrected chi connectivity index (χ4v) is 1.83. The molecule has 0 aliphatic carbocycles. The van der Waals surface area contributed by atoms with Crippen LogP contribution in [0.4, 0.5) is 0 Å². The van der Waals surface area contributed by atoms with Gasteiger partial charge >= 0.3 is 0 Å². The van der Waals surface area contributed by atoms with Crippen molar-refractivity contribution in [1.82, 2.24) is 10.1 Å². The molecule has 1 atom stereocenters. The van der Waals surface area contributed by atoms with Crippen LogP contribution in [0.15, 0.2) is 33.5 Å². The highest BCUT2D eigenvalue weighted by Gasteiger charge is 2.16. The lowest BCUT2D eigenvalue weighted by Gasteiger charge is -2.10. The third-order valence-corrected chi connectivity index (χ3v) is 3.01. The van der Waals surface area contributed by atoms with Crippen LogP contribution in [0, 0.1) is 5.92 Å². The molecule has 1 unspecified atom stereocenters. The first-order valence-electron chi connectivity index (χ1n) is 5.41. The summed E-state index contributed by atoms with van der Waals surface area (Å²) >= 11 is 3.37. The molecule has 5 heteroatoms. The first-order chi connectivity index (χ1) is 8.08. The van der Waals surface area contributed by atoms with E-state index >= 15 is 0 Å². The monoisotopic (exact) mass is 295 g/mol. The standard InChI is InChI=1S/C12H14BrN3O/c1-7(2)12(14)11-4-10(16-17-11)8-3-9(13)6-15-5-8/h3-7,12H,14H2,1-2H3. The van der Waals surface area contributed by atoms with Crippen molar-refractivity contribution in [2.24, 2.45) is 11.7 Å². The van der Waals surface area contributed by atoms with Crippen LogP contribution in [0.3, 0.4) is 0 Å². The number of pyridine rings is 1. The molecule has 0 spiro atoms. The van der Waals surface area contributed by atoms with Gasteiger partial charge in [-0.05, 0) is 27.9 Å². The average Bonchev–Trinajstić information content (AvgIpc) is 2.77. The Balaban J connectivity index is 2.30. The van der Waals surface area contributed by atoms with Crippen molar-refractivity contribution in [3.05, 3.63) is 34.8 Å². The molecule has 4 nitrogen and oxygen atoms in total. The van der Waals surface area contributed by atoms with Crippen LogP contribution < -0.4 is 5.73 Å². The summed E-state index contributed by atoms with van der Waals surface area (Å²) in [5.74, 6) is 1.02. The van der Waals surface area contributed by atoms with Crippen molar-refractivity contribution >= 4 is 15.9 Å². The van der Waals surface area contributed by atoms with Crippen LogP contribution in [-0.2, 0) is 0 Å². The molecule has 2 aromatic heterocycles. The second-order valence-corrected chi connectivity index (χ2v) is 5.19. The Morgan fingerprint density at radius 1 is 1.29 bits per heavy atom. The average molecular weight is 296 g/mol. The fourth-order valence-electron chi connectivity index (χ4n) is 1.46. The number of aromatic nitrogens is 2. The first-order valence-corrected chi connectivity index (χ1v) is 6.20. The van der Waals surface area contributed by atoms with Gasteiger partial charge in [-0.2, -0.15) is 0 Å². The highest BCUT2D eigenvalue weighted by Crippen LogP contribution is 2.25.